The second-order valence-electron chi connectivity index (χ2n) is 15.7. The molecular formula is C36H50N6O9S. The van der Waals surface area contributed by atoms with Crippen molar-refractivity contribution in [3.8, 4) is 11.6 Å². The Bertz CT molecular complexity index is 1830. The lowest BCUT2D eigenvalue weighted by atomic mass is 9.85. The van der Waals surface area contributed by atoms with Crippen molar-refractivity contribution >= 4 is 44.8 Å². The molecule has 1 aromatic carbocycles. The van der Waals surface area contributed by atoms with Crippen LogP contribution in [0.3, 0.4) is 0 Å². The van der Waals surface area contributed by atoms with Gasteiger partial charge in [-0.2, -0.15) is 12.7 Å². The molecule has 0 bridgehead atoms. The molecule has 3 fully saturated rings. The van der Waals surface area contributed by atoms with Crippen LogP contribution in [0.25, 0.3) is 10.8 Å². The number of rotatable bonds is 11. The first-order valence-electron chi connectivity index (χ1n) is 17.4. The topological polar surface area (TPSA) is 186 Å². The van der Waals surface area contributed by atoms with Crippen LogP contribution in [0.1, 0.15) is 67.2 Å². The number of amides is 4. The monoisotopic (exact) mass is 742 g/mol. The Balaban J connectivity index is 1.44. The number of ether oxygens (including phenoxy) is 3. The van der Waals surface area contributed by atoms with E-state index in [1.54, 1.807) is 67.0 Å². The number of nitrogens with one attached hydrogen (secondary N) is 3. The first-order valence-corrected chi connectivity index (χ1v) is 18.9. The number of likely N-dealkylation sites (tertiary alicyclic amines) is 1. The molecule has 1 aromatic heterocycles. The molecular weight excluding hydrogens is 692 g/mol. The molecule has 5 atom stereocenters. The average Bonchev–Trinajstić information content (AvgIpc) is 3.37. The van der Waals surface area contributed by atoms with Crippen molar-refractivity contribution in [1.82, 2.24) is 29.5 Å². The first kappa shape index (κ1) is 38.8. The fraction of sp³-hybridized carbons (Fsp3) is 0.583. The zero-order valence-electron chi connectivity index (χ0n) is 30.9. The number of carbonyl (C=O) groups excluding carboxylic acids is 4. The summed E-state index contributed by atoms with van der Waals surface area (Å²) in [5, 5.41) is 6.98. The van der Waals surface area contributed by atoms with E-state index < -0.39 is 74.7 Å². The van der Waals surface area contributed by atoms with Crippen molar-refractivity contribution in [2.45, 2.75) is 96.6 Å². The van der Waals surface area contributed by atoms with E-state index in [-0.39, 0.29) is 25.3 Å². The van der Waals surface area contributed by atoms with Gasteiger partial charge in [-0.05, 0) is 75.1 Å². The summed E-state index contributed by atoms with van der Waals surface area (Å²) in [6.07, 6.45) is 3.05. The Morgan fingerprint density at radius 2 is 1.77 bits per heavy atom. The molecule has 284 valence electrons. The minimum atomic E-state index is -4.13. The highest BCUT2D eigenvalue weighted by Gasteiger charge is 2.62. The molecule has 3 aliphatic rings. The van der Waals surface area contributed by atoms with E-state index in [0.717, 1.165) is 5.39 Å². The summed E-state index contributed by atoms with van der Waals surface area (Å²) in [7, 11) is -2.57. The zero-order valence-corrected chi connectivity index (χ0v) is 31.7. The minimum absolute atomic E-state index is 0.0115. The van der Waals surface area contributed by atoms with Crippen LogP contribution in [-0.2, 0) is 29.3 Å². The average molecular weight is 743 g/mol. The molecule has 16 heteroatoms. The van der Waals surface area contributed by atoms with Gasteiger partial charge in [0.05, 0.1) is 13.7 Å². The van der Waals surface area contributed by atoms with Gasteiger partial charge in [0.25, 0.3) is 5.91 Å². The summed E-state index contributed by atoms with van der Waals surface area (Å²) in [5.41, 5.74) is -3.24. The largest absolute Gasteiger partial charge is 0.497 e. The number of fused-ring (bicyclic) bond motifs is 1. The second-order valence-corrected chi connectivity index (χ2v) is 17.4. The quantitative estimate of drug-likeness (QED) is 0.289. The van der Waals surface area contributed by atoms with Crippen LogP contribution in [0.2, 0.25) is 0 Å². The fourth-order valence-corrected chi connectivity index (χ4v) is 7.94. The third-order valence-electron chi connectivity index (χ3n) is 9.51. The Hall–Kier alpha value is -4.44. The second kappa shape index (κ2) is 14.5. The SMILES string of the molecule is C=CC1C[C@]1(NC(=O)[C@@H]1C[C@@H](Oc2nccc3cc(OC)ccc23)CN1C(=O)[C@@H](NC(=O)OC(C)(C)C)C(C)(C)C)C(=O)NS(=O)(=O)N1CCCC1. The van der Waals surface area contributed by atoms with E-state index in [2.05, 4.69) is 26.9 Å². The van der Waals surface area contributed by atoms with E-state index in [4.69, 9.17) is 14.2 Å². The van der Waals surface area contributed by atoms with Crippen LogP contribution in [0.5, 0.6) is 11.6 Å². The Labute approximate surface area is 305 Å². The zero-order chi connectivity index (χ0) is 38.2. The van der Waals surface area contributed by atoms with Gasteiger partial charge in [0, 0.05) is 37.0 Å². The van der Waals surface area contributed by atoms with Gasteiger partial charge in [0.2, 0.25) is 17.7 Å². The van der Waals surface area contributed by atoms with Crippen LogP contribution >= 0.6 is 0 Å². The molecule has 2 saturated heterocycles. The lowest BCUT2D eigenvalue weighted by molar-refractivity contribution is -0.143. The van der Waals surface area contributed by atoms with E-state index in [1.165, 1.54) is 15.3 Å². The molecule has 0 spiro atoms. The van der Waals surface area contributed by atoms with Gasteiger partial charge in [-0.25, -0.2) is 14.5 Å². The molecule has 1 aliphatic carbocycles. The maximum atomic E-state index is 14.5. The molecule has 52 heavy (non-hydrogen) atoms. The lowest BCUT2D eigenvalue weighted by Crippen LogP contribution is -2.60. The third-order valence-corrected chi connectivity index (χ3v) is 11.0. The molecule has 2 aliphatic heterocycles. The van der Waals surface area contributed by atoms with Crippen LogP contribution < -0.4 is 24.8 Å². The van der Waals surface area contributed by atoms with Crippen molar-refractivity contribution in [1.29, 1.82) is 0 Å². The van der Waals surface area contributed by atoms with Crippen molar-refractivity contribution in [2.24, 2.45) is 11.3 Å². The van der Waals surface area contributed by atoms with E-state index in [9.17, 15) is 27.6 Å². The summed E-state index contributed by atoms with van der Waals surface area (Å²) >= 11 is 0. The van der Waals surface area contributed by atoms with Crippen LogP contribution in [0.4, 0.5) is 4.79 Å². The smallest absolute Gasteiger partial charge is 0.408 e. The van der Waals surface area contributed by atoms with E-state index in [1.807, 2.05) is 12.1 Å². The highest BCUT2D eigenvalue weighted by Crippen LogP contribution is 2.45. The van der Waals surface area contributed by atoms with Crippen molar-refractivity contribution in [2.75, 3.05) is 26.7 Å². The Morgan fingerprint density at radius 1 is 1.08 bits per heavy atom. The molecule has 5 rings (SSSR count). The number of alkyl carbamates (subject to hydrolysis) is 1. The molecule has 15 nitrogen and oxygen atoms in total. The maximum Gasteiger partial charge on any atom is 0.408 e. The summed E-state index contributed by atoms with van der Waals surface area (Å²) in [6.45, 7) is 14.8. The summed E-state index contributed by atoms with van der Waals surface area (Å²) in [5.74, 6) is -1.74. The van der Waals surface area contributed by atoms with Crippen LogP contribution in [0.15, 0.2) is 43.1 Å². The third kappa shape index (κ3) is 8.44. The molecule has 3 heterocycles. The van der Waals surface area contributed by atoms with Gasteiger partial charge in [0.1, 0.15) is 35.1 Å². The molecule has 0 radical (unpaired) electrons. The number of aromatic nitrogens is 1. The van der Waals surface area contributed by atoms with Gasteiger partial charge >= 0.3 is 16.3 Å². The first-order chi connectivity index (χ1) is 24.3. The normalized spacial score (nSPS) is 24.1. The van der Waals surface area contributed by atoms with E-state index >= 15 is 0 Å². The van der Waals surface area contributed by atoms with Crippen molar-refractivity contribution < 1.29 is 41.8 Å². The molecule has 2 aromatic rings. The Kier molecular flexibility index (Phi) is 10.8. The molecule has 4 amide bonds. The number of pyridine rings is 1. The standard InChI is InChI=1S/C36H50N6O9S/c1-9-23-20-36(23,32(45)40-52(47,48)41-16-10-11-17-41)39-29(43)27-19-25(50-30-26-13-12-24(49-8)18-22(26)14-15-37-30)21-42(27)31(44)28(34(2,3)4)38-33(46)51-35(5,6)7/h9,12-15,18,23,25,27-28H,1,10-11,16-17,19-21H2,2-8H3,(H,38,46)(H,39,43)(H,40,45)/t23?,25-,27+,28-,36-/m1/s1. The summed E-state index contributed by atoms with van der Waals surface area (Å²) < 4.78 is 46.6. The maximum absolute atomic E-state index is 14.5. The predicted molar refractivity (Wildman–Crippen MR) is 192 cm³/mol. The van der Waals surface area contributed by atoms with Gasteiger partial charge in [0.15, 0.2) is 0 Å². The molecule has 3 N–H and O–H groups in total. The number of benzene rings is 1. The molecule has 1 unspecified atom stereocenters. The van der Waals surface area contributed by atoms with Gasteiger partial charge in [-0.15, -0.1) is 6.58 Å². The highest BCUT2D eigenvalue weighted by atomic mass is 32.2. The summed E-state index contributed by atoms with van der Waals surface area (Å²) in [6, 6.07) is 4.93. The minimum Gasteiger partial charge on any atom is -0.497 e. The fourth-order valence-electron chi connectivity index (χ4n) is 6.66. The van der Waals surface area contributed by atoms with Gasteiger partial charge < -0.3 is 29.7 Å². The summed E-state index contributed by atoms with van der Waals surface area (Å²) in [4.78, 5) is 61.1. The molecule has 1 saturated carbocycles. The van der Waals surface area contributed by atoms with Crippen molar-refractivity contribution in [3.63, 3.8) is 0 Å². The Morgan fingerprint density at radius 3 is 2.37 bits per heavy atom. The predicted octanol–water partition coefficient (Wildman–Crippen LogP) is 3.05. The van der Waals surface area contributed by atoms with Gasteiger partial charge in [-0.3, -0.25) is 14.4 Å². The van der Waals surface area contributed by atoms with Crippen LogP contribution in [0, 0.1) is 11.3 Å². The van der Waals surface area contributed by atoms with Gasteiger partial charge in [-0.1, -0.05) is 26.8 Å². The lowest BCUT2D eigenvalue weighted by Gasteiger charge is -2.36. The van der Waals surface area contributed by atoms with Crippen molar-refractivity contribution in [3.05, 3.63) is 43.1 Å². The number of carbonyl (C=O) groups is 4. The number of hydrogen-bond acceptors (Lipinski definition) is 10. The highest BCUT2D eigenvalue weighted by molar-refractivity contribution is 7.87. The van der Waals surface area contributed by atoms with E-state index in [0.29, 0.717) is 37.1 Å². The number of methoxy groups -OCH3 is 1. The van der Waals surface area contributed by atoms with Crippen LogP contribution in [-0.4, -0.2) is 102 Å². The number of nitrogens with zero attached hydrogens (tertiary/aromatic N) is 3. The number of hydrogen-bond donors (Lipinski definition) is 3.